The van der Waals surface area contributed by atoms with Gasteiger partial charge >= 0.3 is 6.18 Å². The minimum atomic E-state index is -5.25. The van der Waals surface area contributed by atoms with Gasteiger partial charge in [0.25, 0.3) is 5.91 Å². The van der Waals surface area contributed by atoms with Crippen molar-refractivity contribution in [2.75, 3.05) is 16.3 Å². The summed E-state index contributed by atoms with van der Waals surface area (Å²) in [6.07, 6.45) is -4.37. The van der Waals surface area contributed by atoms with Crippen LogP contribution in [0.5, 0.6) is 0 Å². The monoisotopic (exact) mass is 500 g/mol. The smallest absolute Gasteiger partial charge is 0.373 e. The van der Waals surface area contributed by atoms with Crippen LogP contribution in [0, 0.1) is 0 Å². The van der Waals surface area contributed by atoms with Gasteiger partial charge in [-0.05, 0) is 43.3 Å². The maximum atomic E-state index is 12.8. The number of carbonyl (C=O) groups excluding carboxylic acids is 1. The number of carbonyl (C=O) groups is 1. The first kappa shape index (κ1) is 24.9. The van der Waals surface area contributed by atoms with Crippen molar-refractivity contribution in [1.29, 1.82) is 0 Å². The third-order valence-electron chi connectivity index (χ3n) is 3.94. The fourth-order valence-electron chi connectivity index (χ4n) is 2.21. The Balaban J connectivity index is 2.36. The van der Waals surface area contributed by atoms with E-state index >= 15 is 0 Å². The second kappa shape index (κ2) is 8.30. The van der Waals surface area contributed by atoms with E-state index in [0.717, 1.165) is 30.5 Å². The molecule has 31 heavy (non-hydrogen) atoms. The molecule has 2 aromatic rings. The molecule has 0 aliphatic heterocycles. The molecule has 0 heterocycles. The van der Waals surface area contributed by atoms with Crippen LogP contribution in [0.2, 0.25) is 5.02 Å². The first-order valence-electron chi connectivity index (χ1n) is 8.18. The Hall–Kier alpha value is -2.35. The van der Waals surface area contributed by atoms with Gasteiger partial charge in [-0.2, -0.15) is 13.2 Å². The number of hydrogen-bond acceptors (Lipinski definition) is 6. The maximum absolute atomic E-state index is 12.8. The van der Waals surface area contributed by atoms with E-state index < -0.39 is 42.6 Å². The van der Waals surface area contributed by atoms with E-state index in [0.29, 0.717) is 0 Å². The Labute approximate surface area is 181 Å². The van der Waals surface area contributed by atoms with Crippen molar-refractivity contribution in [3.05, 3.63) is 47.5 Å². The Morgan fingerprint density at radius 3 is 2.13 bits per heavy atom. The average Bonchev–Trinajstić information content (AvgIpc) is 2.61. The Kier molecular flexibility index (Phi) is 6.67. The number of benzene rings is 2. The van der Waals surface area contributed by atoms with Gasteiger partial charge in [0.2, 0.25) is 25.5 Å². The number of halogens is 4. The minimum Gasteiger partial charge on any atom is -0.373 e. The normalized spacial score (nSPS) is 14.5. The van der Waals surface area contributed by atoms with Gasteiger partial charge in [-0.1, -0.05) is 17.7 Å². The zero-order valence-electron chi connectivity index (χ0n) is 15.9. The van der Waals surface area contributed by atoms with E-state index in [1.165, 1.54) is 18.2 Å². The fourth-order valence-corrected chi connectivity index (χ4v) is 4.39. The number of aliphatic hydroxyl groups is 1. The highest BCUT2D eigenvalue weighted by atomic mass is 35.5. The Morgan fingerprint density at radius 1 is 1.03 bits per heavy atom. The first-order valence-corrected chi connectivity index (χ1v) is 11.9. The van der Waals surface area contributed by atoms with Gasteiger partial charge in [-0.15, -0.1) is 0 Å². The SMILES string of the molecule is CC(O)(C(=O)Nc1ccc(S(=O)(=O)c2cccc(NS(C)(=O)=O)c2)cc1Cl)C(F)(F)F. The highest BCUT2D eigenvalue weighted by molar-refractivity contribution is 7.92. The summed E-state index contributed by atoms with van der Waals surface area (Å²) in [6.45, 7) is 0.257. The molecule has 14 heteroatoms. The van der Waals surface area contributed by atoms with E-state index in [-0.39, 0.29) is 28.1 Å². The van der Waals surface area contributed by atoms with E-state index in [9.17, 15) is 39.9 Å². The predicted octanol–water partition coefficient (Wildman–Crippen LogP) is 2.80. The van der Waals surface area contributed by atoms with Crippen LogP contribution in [0.3, 0.4) is 0 Å². The van der Waals surface area contributed by atoms with Crippen molar-refractivity contribution < 1.29 is 39.9 Å². The number of nitrogens with one attached hydrogen (secondary N) is 2. The molecule has 3 N–H and O–H groups in total. The van der Waals surface area contributed by atoms with Crippen LogP contribution in [-0.2, 0) is 24.7 Å². The topological polar surface area (TPSA) is 130 Å². The van der Waals surface area contributed by atoms with Gasteiger partial charge in [-0.25, -0.2) is 16.8 Å². The summed E-state index contributed by atoms with van der Waals surface area (Å²) in [5, 5.41) is 10.8. The predicted molar refractivity (Wildman–Crippen MR) is 107 cm³/mol. The average molecular weight is 501 g/mol. The highest BCUT2D eigenvalue weighted by Crippen LogP contribution is 2.33. The molecule has 0 radical (unpaired) electrons. The Bertz CT molecular complexity index is 1230. The molecule has 0 fully saturated rings. The molecule has 1 amide bonds. The minimum absolute atomic E-state index is 0.00654. The largest absolute Gasteiger partial charge is 0.426 e. The standard InChI is InChI=1S/C17H16ClF3N2O6S2/c1-16(25,17(19,20)21)15(24)22-14-7-6-12(9-13(14)18)31(28,29)11-5-3-4-10(8-11)23-30(2,26)27/h3-9,23,25H,1-2H3,(H,22,24). The quantitative estimate of drug-likeness (QED) is 0.559. The van der Waals surface area contributed by atoms with E-state index in [1.54, 1.807) is 5.32 Å². The molecule has 2 aromatic carbocycles. The zero-order chi connectivity index (χ0) is 23.8. The van der Waals surface area contributed by atoms with E-state index in [4.69, 9.17) is 11.6 Å². The summed E-state index contributed by atoms with van der Waals surface area (Å²) in [7, 11) is -7.86. The molecule has 1 unspecified atom stereocenters. The number of sulfone groups is 1. The Morgan fingerprint density at radius 2 is 1.61 bits per heavy atom. The first-order chi connectivity index (χ1) is 13.9. The van der Waals surface area contributed by atoms with Gasteiger partial charge < -0.3 is 10.4 Å². The van der Waals surface area contributed by atoms with Gasteiger partial charge in [-0.3, -0.25) is 9.52 Å². The zero-order valence-corrected chi connectivity index (χ0v) is 18.2. The van der Waals surface area contributed by atoms with E-state index in [2.05, 4.69) is 4.72 Å². The molecule has 0 spiro atoms. The molecular formula is C17H16ClF3N2O6S2. The van der Waals surface area contributed by atoms with Crippen molar-refractivity contribution >= 4 is 48.7 Å². The van der Waals surface area contributed by atoms with Crippen molar-refractivity contribution in [2.45, 2.75) is 28.5 Å². The van der Waals surface area contributed by atoms with Crippen LogP contribution >= 0.6 is 11.6 Å². The third kappa shape index (κ3) is 5.67. The van der Waals surface area contributed by atoms with Crippen molar-refractivity contribution in [3.63, 3.8) is 0 Å². The van der Waals surface area contributed by atoms with Crippen LogP contribution in [0.4, 0.5) is 24.5 Å². The molecule has 0 saturated carbocycles. The lowest BCUT2D eigenvalue weighted by Gasteiger charge is -2.25. The van der Waals surface area contributed by atoms with Crippen LogP contribution in [0.1, 0.15) is 6.92 Å². The number of hydrogen-bond donors (Lipinski definition) is 3. The molecule has 0 saturated heterocycles. The number of rotatable bonds is 6. The summed E-state index contributed by atoms with van der Waals surface area (Å²) < 4.78 is 88.7. The molecule has 0 aromatic heterocycles. The van der Waals surface area contributed by atoms with Gasteiger partial charge in [0, 0.05) is 5.69 Å². The molecule has 8 nitrogen and oxygen atoms in total. The van der Waals surface area contributed by atoms with Crippen LogP contribution in [0.15, 0.2) is 52.3 Å². The second-order valence-electron chi connectivity index (χ2n) is 6.57. The fraction of sp³-hybridized carbons (Fsp3) is 0.235. The molecule has 0 bridgehead atoms. The number of anilines is 2. The highest BCUT2D eigenvalue weighted by Gasteiger charge is 2.55. The van der Waals surface area contributed by atoms with Crippen LogP contribution < -0.4 is 10.0 Å². The summed E-state index contributed by atoms with van der Waals surface area (Å²) in [5.41, 5.74) is -4.07. The molecular weight excluding hydrogens is 485 g/mol. The third-order valence-corrected chi connectivity index (χ3v) is 6.61. The number of amides is 1. The number of alkyl halides is 3. The van der Waals surface area contributed by atoms with Crippen molar-refractivity contribution in [2.24, 2.45) is 0 Å². The lowest BCUT2D eigenvalue weighted by Crippen LogP contribution is -2.52. The molecule has 0 aliphatic rings. The molecule has 2 rings (SSSR count). The lowest BCUT2D eigenvalue weighted by molar-refractivity contribution is -0.242. The summed E-state index contributed by atoms with van der Waals surface area (Å²) in [6, 6.07) is 7.74. The summed E-state index contributed by atoms with van der Waals surface area (Å²) in [4.78, 5) is 11.1. The maximum Gasteiger partial charge on any atom is 0.426 e. The van der Waals surface area contributed by atoms with Crippen molar-refractivity contribution in [1.82, 2.24) is 0 Å². The molecule has 0 aliphatic carbocycles. The van der Waals surface area contributed by atoms with E-state index in [1.807, 2.05) is 0 Å². The lowest BCUT2D eigenvalue weighted by atomic mass is 10.1. The van der Waals surface area contributed by atoms with Crippen molar-refractivity contribution in [3.8, 4) is 0 Å². The molecule has 1 atom stereocenters. The van der Waals surface area contributed by atoms with Gasteiger partial charge in [0.1, 0.15) is 0 Å². The number of sulfonamides is 1. The van der Waals surface area contributed by atoms with Crippen LogP contribution in [0.25, 0.3) is 0 Å². The second-order valence-corrected chi connectivity index (χ2v) is 10.7. The summed E-state index contributed by atoms with van der Waals surface area (Å²) >= 11 is 5.92. The van der Waals surface area contributed by atoms with Gasteiger partial charge in [0.15, 0.2) is 0 Å². The summed E-state index contributed by atoms with van der Waals surface area (Å²) in [5.74, 6) is -1.81. The molecule has 170 valence electrons. The van der Waals surface area contributed by atoms with Crippen LogP contribution in [-0.4, -0.2) is 45.9 Å². The van der Waals surface area contributed by atoms with Gasteiger partial charge in [0.05, 0.1) is 26.8 Å².